The summed E-state index contributed by atoms with van der Waals surface area (Å²) < 4.78 is 5.21. The number of amides is 2. The quantitative estimate of drug-likeness (QED) is 0.679. The number of phenols is 1. The fourth-order valence-electron chi connectivity index (χ4n) is 2.43. The van der Waals surface area contributed by atoms with E-state index in [0.717, 1.165) is 5.39 Å². The fraction of sp³-hybridized carbons (Fsp3) is 0.0556. The highest BCUT2D eigenvalue weighted by atomic mass is 16.5. The van der Waals surface area contributed by atoms with Crippen molar-refractivity contribution in [2.24, 2.45) is 0 Å². The maximum atomic E-state index is 12.2. The summed E-state index contributed by atoms with van der Waals surface area (Å²) in [6, 6.07) is 17.3. The number of aromatic hydroxyl groups is 1. The Balaban J connectivity index is 1.85. The van der Waals surface area contributed by atoms with Crippen LogP contribution in [-0.2, 0) is 0 Å². The van der Waals surface area contributed by atoms with Crippen LogP contribution in [0.2, 0.25) is 0 Å². The van der Waals surface area contributed by atoms with E-state index >= 15 is 0 Å². The van der Waals surface area contributed by atoms with Gasteiger partial charge in [0.1, 0.15) is 11.5 Å². The molecule has 0 radical (unpaired) electrons. The minimum atomic E-state index is -0.384. The lowest BCUT2D eigenvalue weighted by Gasteiger charge is -2.12. The first-order chi connectivity index (χ1) is 11.2. The van der Waals surface area contributed by atoms with Crippen molar-refractivity contribution >= 4 is 28.2 Å². The zero-order valence-electron chi connectivity index (χ0n) is 12.5. The average Bonchev–Trinajstić information content (AvgIpc) is 2.56. The lowest BCUT2D eigenvalue weighted by atomic mass is 10.1. The largest absolute Gasteiger partial charge is 0.507 e. The third-order valence-corrected chi connectivity index (χ3v) is 3.50. The molecule has 2 amide bonds. The normalized spacial score (nSPS) is 10.3. The number of phenolic OH excluding ortho intramolecular Hbond substituents is 1. The van der Waals surface area contributed by atoms with E-state index in [9.17, 15) is 9.90 Å². The van der Waals surface area contributed by atoms with Gasteiger partial charge in [-0.1, -0.05) is 36.4 Å². The van der Waals surface area contributed by atoms with E-state index in [2.05, 4.69) is 10.6 Å². The van der Waals surface area contributed by atoms with Gasteiger partial charge in [-0.05, 0) is 24.3 Å². The number of carbonyl (C=O) groups is 1. The van der Waals surface area contributed by atoms with Crippen LogP contribution in [-0.4, -0.2) is 18.2 Å². The number of nitrogens with one attached hydrogen (secondary N) is 2. The minimum absolute atomic E-state index is 0.177. The van der Waals surface area contributed by atoms with Crippen LogP contribution in [0.5, 0.6) is 11.5 Å². The molecule has 23 heavy (non-hydrogen) atoms. The van der Waals surface area contributed by atoms with E-state index in [-0.39, 0.29) is 11.8 Å². The molecule has 3 N–H and O–H groups in total. The highest BCUT2D eigenvalue weighted by molar-refractivity contribution is 6.07. The van der Waals surface area contributed by atoms with Crippen LogP contribution in [0.1, 0.15) is 0 Å². The van der Waals surface area contributed by atoms with E-state index < -0.39 is 0 Å². The second kappa shape index (κ2) is 6.27. The Morgan fingerprint density at radius 2 is 1.52 bits per heavy atom. The van der Waals surface area contributed by atoms with Crippen molar-refractivity contribution in [1.29, 1.82) is 0 Å². The molecular weight excluding hydrogens is 292 g/mol. The monoisotopic (exact) mass is 308 g/mol. The van der Waals surface area contributed by atoms with Gasteiger partial charge >= 0.3 is 6.03 Å². The van der Waals surface area contributed by atoms with Gasteiger partial charge in [-0.25, -0.2) is 4.79 Å². The summed E-state index contributed by atoms with van der Waals surface area (Å²) in [5.41, 5.74) is 1.20. The van der Waals surface area contributed by atoms with Crippen molar-refractivity contribution in [2.45, 2.75) is 0 Å². The lowest BCUT2D eigenvalue weighted by Crippen LogP contribution is -2.19. The molecule has 0 aromatic heterocycles. The van der Waals surface area contributed by atoms with Gasteiger partial charge < -0.3 is 20.5 Å². The topological polar surface area (TPSA) is 70.6 Å². The highest BCUT2D eigenvalue weighted by Gasteiger charge is 2.09. The van der Waals surface area contributed by atoms with Crippen LogP contribution in [0.3, 0.4) is 0 Å². The highest BCUT2D eigenvalue weighted by Crippen LogP contribution is 2.30. The Labute approximate surface area is 133 Å². The second-order valence-corrected chi connectivity index (χ2v) is 4.96. The summed E-state index contributed by atoms with van der Waals surface area (Å²) in [6.45, 7) is 0. The van der Waals surface area contributed by atoms with Gasteiger partial charge in [-0.3, -0.25) is 0 Å². The number of carbonyl (C=O) groups excluding carboxylic acids is 1. The zero-order chi connectivity index (χ0) is 16.2. The van der Waals surface area contributed by atoms with Gasteiger partial charge in [-0.15, -0.1) is 0 Å². The first-order valence-electron chi connectivity index (χ1n) is 7.11. The number of hydrogen-bond acceptors (Lipinski definition) is 3. The summed E-state index contributed by atoms with van der Waals surface area (Å²) >= 11 is 0. The second-order valence-electron chi connectivity index (χ2n) is 4.96. The number of anilines is 2. The Morgan fingerprint density at radius 1 is 0.870 bits per heavy atom. The first kappa shape index (κ1) is 14.7. The number of para-hydroxylation sites is 2. The van der Waals surface area contributed by atoms with Crippen molar-refractivity contribution in [2.75, 3.05) is 17.7 Å². The van der Waals surface area contributed by atoms with Gasteiger partial charge in [0.05, 0.1) is 18.5 Å². The third kappa shape index (κ3) is 3.03. The molecule has 0 aliphatic rings. The molecule has 0 saturated heterocycles. The number of hydrogen-bond donors (Lipinski definition) is 3. The summed E-state index contributed by atoms with van der Waals surface area (Å²) in [7, 11) is 1.55. The van der Waals surface area contributed by atoms with Crippen LogP contribution < -0.4 is 15.4 Å². The number of fused-ring (bicyclic) bond motifs is 1. The van der Waals surface area contributed by atoms with Gasteiger partial charge in [0.25, 0.3) is 0 Å². The van der Waals surface area contributed by atoms with Gasteiger partial charge in [0.2, 0.25) is 0 Å². The first-order valence-corrected chi connectivity index (χ1v) is 7.11. The predicted molar refractivity (Wildman–Crippen MR) is 91.2 cm³/mol. The van der Waals surface area contributed by atoms with E-state index in [1.807, 2.05) is 18.2 Å². The molecule has 0 aliphatic carbocycles. The molecule has 3 rings (SSSR count). The summed E-state index contributed by atoms with van der Waals surface area (Å²) in [4.78, 5) is 12.2. The van der Waals surface area contributed by atoms with Crippen LogP contribution in [0.4, 0.5) is 16.2 Å². The molecule has 5 heteroatoms. The molecule has 0 unspecified atom stereocenters. The lowest BCUT2D eigenvalue weighted by molar-refractivity contribution is 0.262. The molecule has 0 fully saturated rings. The third-order valence-electron chi connectivity index (χ3n) is 3.50. The molecule has 3 aromatic rings. The Kier molecular flexibility index (Phi) is 4.01. The van der Waals surface area contributed by atoms with E-state index in [1.165, 1.54) is 0 Å². The smallest absolute Gasteiger partial charge is 0.323 e. The van der Waals surface area contributed by atoms with Gasteiger partial charge in [0.15, 0.2) is 0 Å². The maximum absolute atomic E-state index is 12.2. The molecule has 3 aromatic carbocycles. The fourth-order valence-corrected chi connectivity index (χ4v) is 2.43. The van der Waals surface area contributed by atoms with Crippen LogP contribution in [0.15, 0.2) is 60.7 Å². The molecule has 0 atom stereocenters. The number of ether oxygens (including phenoxy) is 1. The predicted octanol–water partition coefficient (Wildman–Crippen LogP) is 4.20. The number of urea groups is 1. The van der Waals surface area contributed by atoms with Crippen molar-refractivity contribution in [3.05, 3.63) is 60.7 Å². The molecular formula is C18H16N2O3. The van der Waals surface area contributed by atoms with Gasteiger partial charge in [-0.2, -0.15) is 0 Å². The number of benzene rings is 3. The van der Waals surface area contributed by atoms with Crippen LogP contribution >= 0.6 is 0 Å². The van der Waals surface area contributed by atoms with Crippen molar-refractivity contribution < 1.29 is 14.6 Å². The average molecular weight is 308 g/mol. The van der Waals surface area contributed by atoms with Crippen LogP contribution in [0, 0.1) is 0 Å². The van der Waals surface area contributed by atoms with Crippen molar-refractivity contribution in [1.82, 2.24) is 0 Å². The number of methoxy groups -OCH3 is 1. The number of rotatable bonds is 3. The molecule has 116 valence electrons. The summed E-state index contributed by atoms with van der Waals surface area (Å²) in [5, 5.41) is 16.9. The standard InChI is InChI=1S/C18H16N2O3/c1-23-17-11-3-2-8-15(17)20-18(22)19-14-9-4-7-13-12(14)6-5-10-16(13)21/h2-11,21H,1H3,(H2,19,20,22). The molecule has 0 heterocycles. The zero-order valence-corrected chi connectivity index (χ0v) is 12.5. The molecule has 0 spiro atoms. The molecule has 5 nitrogen and oxygen atoms in total. The maximum Gasteiger partial charge on any atom is 0.323 e. The Morgan fingerprint density at radius 3 is 2.35 bits per heavy atom. The summed E-state index contributed by atoms with van der Waals surface area (Å²) in [5.74, 6) is 0.759. The van der Waals surface area contributed by atoms with Crippen molar-refractivity contribution in [3.63, 3.8) is 0 Å². The summed E-state index contributed by atoms with van der Waals surface area (Å²) in [6.07, 6.45) is 0. The Hall–Kier alpha value is -3.21. The van der Waals surface area contributed by atoms with E-state index in [0.29, 0.717) is 22.5 Å². The Bertz CT molecular complexity index is 862. The van der Waals surface area contributed by atoms with E-state index in [1.54, 1.807) is 49.6 Å². The van der Waals surface area contributed by atoms with E-state index in [4.69, 9.17) is 4.74 Å². The van der Waals surface area contributed by atoms with Gasteiger partial charge in [0, 0.05) is 10.8 Å². The molecule has 0 aliphatic heterocycles. The molecule has 0 bridgehead atoms. The molecule has 0 saturated carbocycles. The minimum Gasteiger partial charge on any atom is -0.507 e. The van der Waals surface area contributed by atoms with Crippen molar-refractivity contribution in [3.8, 4) is 11.5 Å². The van der Waals surface area contributed by atoms with Crippen LogP contribution in [0.25, 0.3) is 10.8 Å². The SMILES string of the molecule is COc1ccccc1NC(=O)Nc1cccc2c(O)cccc12.